The molecule has 1 atom stereocenters. The molecular formula is C12H20N2O2. The van der Waals surface area contributed by atoms with Gasteiger partial charge in [-0.1, -0.05) is 0 Å². The standard InChI is InChI=1S/C12H20N2O2/c1-10(15)11-6-8-14(9-11)7-4-5-12(16)13(2)3/h6,8-10,15H,4-5,7H2,1-3H3. The molecule has 4 nitrogen and oxygen atoms in total. The Hall–Kier alpha value is -1.29. The van der Waals surface area contributed by atoms with Crippen LogP contribution in [-0.4, -0.2) is 34.6 Å². The predicted molar refractivity (Wildman–Crippen MR) is 63.0 cm³/mol. The number of aromatic nitrogens is 1. The number of aliphatic hydroxyl groups excluding tert-OH is 1. The Labute approximate surface area is 96.5 Å². The highest BCUT2D eigenvalue weighted by Gasteiger charge is 2.05. The van der Waals surface area contributed by atoms with Gasteiger partial charge in [0.15, 0.2) is 0 Å². The third kappa shape index (κ3) is 3.70. The van der Waals surface area contributed by atoms with Crippen molar-refractivity contribution in [1.29, 1.82) is 0 Å². The van der Waals surface area contributed by atoms with Crippen molar-refractivity contribution in [3.8, 4) is 0 Å². The normalized spacial score (nSPS) is 12.5. The van der Waals surface area contributed by atoms with Crippen LogP contribution in [0.25, 0.3) is 0 Å². The Balaban J connectivity index is 2.35. The van der Waals surface area contributed by atoms with Gasteiger partial charge in [-0.15, -0.1) is 0 Å². The van der Waals surface area contributed by atoms with Crippen LogP contribution in [0.1, 0.15) is 31.4 Å². The Morgan fingerprint density at radius 1 is 1.56 bits per heavy atom. The van der Waals surface area contributed by atoms with Gasteiger partial charge in [0.25, 0.3) is 0 Å². The first-order valence-electron chi connectivity index (χ1n) is 5.54. The van der Waals surface area contributed by atoms with E-state index in [-0.39, 0.29) is 5.91 Å². The maximum atomic E-state index is 11.3. The molecule has 0 bridgehead atoms. The molecule has 0 spiro atoms. The summed E-state index contributed by atoms with van der Waals surface area (Å²) in [6.45, 7) is 2.56. The molecule has 1 rings (SSSR count). The lowest BCUT2D eigenvalue weighted by Crippen LogP contribution is -2.21. The Bertz CT molecular complexity index is 343. The molecule has 0 aliphatic rings. The van der Waals surface area contributed by atoms with Crippen molar-refractivity contribution < 1.29 is 9.90 Å². The lowest BCUT2D eigenvalue weighted by Gasteiger charge is -2.09. The van der Waals surface area contributed by atoms with Gasteiger partial charge < -0.3 is 14.6 Å². The summed E-state index contributed by atoms with van der Waals surface area (Å²) in [4.78, 5) is 12.9. The molecule has 0 aliphatic carbocycles. The van der Waals surface area contributed by atoms with Crippen LogP contribution in [0.2, 0.25) is 0 Å². The van der Waals surface area contributed by atoms with Crippen LogP contribution >= 0.6 is 0 Å². The Morgan fingerprint density at radius 2 is 2.25 bits per heavy atom. The highest BCUT2D eigenvalue weighted by Crippen LogP contribution is 2.12. The molecule has 0 aromatic carbocycles. The fraction of sp³-hybridized carbons (Fsp3) is 0.583. The van der Waals surface area contributed by atoms with E-state index in [0.717, 1.165) is 18.5 Å². The lowest BCUT2D eigenvalue weighted by atomic mass is 10.2. The van der Waals surface area contributed by atoms with Crippen molar-refractivity contribution in [3.63, 3.8) is 0 Å². The largest absolute Gasteiger partial charge is 0.389 e. The topological polar surface area (TPSA) is 45.5 Å². The van der Waals surface area contributed by atoms with Gasteiger partial charge >= 0.3 is 0 Å². The van der Waals surface area contributed by atoms with Crippen molar-refractivity contribution in [2.45, 2.75) is 32.4 Å². The molecule has 1 N–H and O–H groups in total. The maximum absolute atomic E-state index is 11.3. The van der Waals surface area contributed by atoms with E-state index in [4.69, 9.17) is 0 Å². The van der Waals surface area contributed by atoms with Gasteiger partial charge in [-0.2, -0.15) is 0 Å². The number of aryl methyl sites for hydroxylation is 1. The maximum Gasteiger partial charge on any atom is 0.222 e. The molecule has 0 radical (unpaired) electrons. The summed E-state index contributed by atoms with van der Waals surface area (Å²) in [5.41, 5.74) is 0.916. The monoisotopic (exact) mass is 224 g/mol. The quantitative estimate of drug-likeness (QED) is 0.822. The fourth-order valence-corrected chi connectivity index (χ4v) is 1.48. The van der Waals surface area contributed by atoms with E-state index < -0.39 is 6.10 Å². The zero-order chi connectivity index (χ0) is 12.1. The summed E-state index contributed by atoms with van der Waals surface area (Å²) in [6, 6.07) is 1.90. The van der Waals surface area contributed by atoms with Crippen LogP contribution in [0.5, 0.6) is 0 Å². The van der Waals surface area contributed by atoms with E-state index in [9.17, 15) is 9.90 Å². The number of carbonyl (C=O) groups excluding carboxylic acids is 1. The minimum atomic E-state index is -0.426. The zero-order valence-corrected chi connectivity index (χ0v) is 10.2. The van der Waals surface area contributed by atoms with Crippen molar-refractivity contribution in [3.05, 3.63) is 24.0 Å². The minimum Gasteiger partial charge on any atom is -0.389 e. The number of carbonyl (C=O) groups is 1. The molecule has 0 saturated carbocycles. The number of amides is 1. The zero-order valence-electron chi connectivity index (χ0n) is 10.2. The van der Waals surface area contributed by atoms with Gasteiger partial charge in [0.2, 0.25) is 5.91 Å². The van der Waals surface area contributed by atoms with E-state index in [2.05, 4.69) is 0 Å². The smallest absolute Gasteiger partial charge is 0.222 e. The van der Waals surface area contributed by atoms with Gasteiger partial charge in [0.1, 0.15) is 0 Å². The average molecular weight is 224 g/mol. The van der Waals surface area contributed by atoms with Gasteiger partial charge in [-0.05, 0) is 25.0 Å². The summed E-state index contributed by atoms with van der Waals surface area (Å²) in [6.07, 6.45) is 4.82. The third-order valence-electron chi connectivity index (χ3n) is 2.56. The van der Waals surface area contributed by atoms with Crippen molar-refractivity contribution in [1.82, 2.24) is 9.47 Å². The van der Waals surface area contributed by atoms with E-state index in [0.29, 0.717) is 6.42 Å². The SMILES string of the molecule is CC(O)c1ccn(CCCC(=O)N(C)C)c1. The Kier molecular flexibility index (Phi) is 4.55. The number of nitrogens with zero attached hydrogens (tertiary/aromatic N) is 2. The Morgan fingerprint density at radius 3 is 2.75 bits per heavy atom. The molecule has 0 saturated heterocycles. The molecular weight excluding hydrogens is 204 g/mol. The van der Waals surface area contributed by atoms with Gasteiger partial charge in [0, 0.05) is 39.5 Å². The average Bonchev–Trinajstić information content (AvgIpc) is 2.66. The van der Waals surface area contributed by atoms with E-state index in [1.165, 1.54) is 0 Å². The summed E-state index contributed by atoms with van der Waals surface area (Å²) in [5, 5.41) is 9.35. The molecule has 16 heavy (non-hydrogen) atoms. The van der Waals surface area contributed by atoms with Crippen LogP contribution in [0.4, 0.5) is 0 Å². The first kappa shape index (κ1) is 12.8. The van der Waals surface area contributed by atoms with Gasteiger partial charge in [0.05, 0.1) is 6.10 Å². The second kappa shape index (κ2) is 5.70. The number of hydrogen-bond donors (Lipinski definition) is 1. The highest BCUT2D eigenvalue weighted by molar-refractivity contribution is 5.75. The molecule has 1 aromatic rings. The first-order valence-corrected chi connectivity index (χ1v) is 5.54. The van der Waals surface area contributed by atoms with Crippen molar-refractivity contribution in [2.75, 3.05) is 14.1 Å². The third-order valence-corrected chi connectivity index (χ3v) is 2.56. The molecule has 1 unspecified atom stereocenters. The van der Waals surface area contributed by atoms with Crippen LogP contribution in [0.3, 0.4) is 0 Å². The summed E-state index contributed by atoms with van der Waals surface area (Å²) in [5.74, 6) is 0.155. The van der Waals surface area contributed by atoms with Crippen LogP contribution in [-0.2, 0) is 11.3 Å². The van der Waals surface area contributed by atoms with Crippen LogP contribution in [0.15, 0.2) is 18.5 Å². The first-order chi connectivity index (χ1) is 7.50. The second-order valence-electron chi connectivity index (χ2n) is 4.25. The second-order valence-corrected chi connectivity index (χ2v) is 4.25. The molecule has 4 heteroatoms. The van der Waals surface area contributed by atoms with Crippen molar-refractivity contribution in [2.24, 2.45) is 0 Å². The van der Waals surface area contributed by atoms with Crippen LogP contribution < -0.4 is 0 Å². The molecule has 1 aromatic heterocycles. The van der Waals surface area contributed by atoms with Gasteiger partial charge in [-0.25, -0.2) is 0 Å². The molecule has 1 amide bonds. The van der Waals surface area contributed by atoms with E-state index in [1.54, 1.807) is 25.9 Å². The van der Waals surface area contributed by atoms with Crippen LogP contribution in [0, 0.1) is 0 Å². The molecule has 1 heterocycles. The lowest BCUT2D eigenvalue weighted by molar-refractivity contribution is -0.128. The summed E-state index contributed by atoms with van der Waals surface area (Å²) >= 11 is 0. The number of hydrogen-bond acceptors (Lipinski definition) is 2. The highest BCUT2D eigenvalue weighted by atomic mass is 16.3. The minimum absolute atomic E-state index is 0.155. The van der Waals surface area contributed by atoms with Crippen molar-refractivity contribution >= 4 is 5.91 Å². The van der Waals surface area contributed by atoms with Gasteiger partial charge in [-0.3, -0.25) is 4.79 Å². The predicted octanol–water partition coefficient (Wildman–Crippen LogP) is 1.41. The molecule has 0 aliphatic heterocycles. The number of rotatable bonds is 5. The molecule has 90 valence electrons. The number of aliphatic hydroxyl groups is 1. The fourth-order valence-electron chi connectivity index (χ4n) is 1.48. The molecule has 0 fully saturated rings. The summed E-state index contributed by atoms with van der Waals surface area (Å²) < 4.78 is 2.00. The van der Waals surface area contributed by atoms with E-state index >= 15 is 0 Å². The van der Waals surface area contributed by atoms with E-state index in [1.807, 2.05) is 23.0 Å². The summed E-state index contributed by atoms with van der Waals surface area (Å²) in [7, 11) is 3.53.